The molecule has 0 aliphatic carbocycles. The predicted molar refractivity (Wildman–Crippen MR) is 72.8 cm³/mol. The van der Waals surface area contributed by atoms with Crippen molar-refractivity contribution in [1.82, 2.24) is 9.55 Å². The van der Waals surface area contributed by atoms with E-state index in [0.29, 0.717) is 5.82 Å². The van der Waals surface area contributed by atoms with Crippen LogP contribution in [-0.4, -0.2) is 14.5 Å². The third-order valence-electron chi connectivity index (χ3n) is 2.44. The van der Waals surface area contributed by atoms with Gasteiger partial charge in [0, 0.05) is 12.3 Å². The zero-order valence-corrected chi connectivity index (χ0v) is 11.2. The van der Waals surface area contributed by atoms with Gasteiger partial charge in [-0.1, -0.05) is 0 Å². The Kier molecular flexibility index (Phi) is 3.61. The van der Waals surface area contributed by atoms with Gasteiger partial charge in [0.2, 0.25) is 0 Å². The number of nitro groups is 1. The molecule has 2 N–H and O–H groups in total. The molecule has 2 rings (SSSR count). The molecule has 0 unspecified atom stereocenters. The smallest absolute Gasteiger partial charge is 0.286 e. The van der Waals surface area contributed by atoms with Crippen LogP contribution in [0.2, 0.25) is 0 Å². The summed E-state index contributed by atoms with van der Waals surface area (Å²) in [4.78, 5) is 25.9. The van der Waals surface area contributed by atoms with E-state index in [1.54, 1.807) is 12.1 Å². The fourth-order valence-electron chi connectivity index (χ4n) is 1.59. The number of halogens is 1. The van der Waals surface area contributed by atoms with Crippen LogP contribution in [0.15, 0.2) is 39.9 Å². The van der Waals surface area contributed by atoms with Gasteiger partial charge in [-0.3, -0.25) is 14.9 Å². The lowest BCUT2D eigenvalue weighted by Gasteiger charge is -2.06. The van der Waals surface area contributed by atoms with Gasteiger partial charge in [0.15, 0.2) is 0 Å². The molecule has 0 amide bonds. The molecule has 19 heavy (non-hydrogen) atoms. The molecule has 0 radical (unpaired) electrons. The zero-order valence-electron chi connectivity index (χ0n) is 9.62. The number of hydrogen-bond acceptors (Lipinski definition) is 5. The van der Waals surface area contributed by atoms with E-state index in [0.717, 1.165) is 5.56 Å². The molecule has 7 nitrogen and oxygen atoms in total. The predicted octanol–water partition coefficient (Wildman–Crippen LogP) is 1.54. The van der Waals surface area contributed by atoms with Crippen molar-refractivity contribution < 1.29 is 4.92 Å². The summed E-state index contributed by atoms with van der Waals surface area (Å²) < 4.78 is 1.39. The van der Waals surface area contributed by atoms with Gasteiger partial charge < -0.3 is 10.3 Å². The quantitative estimate of drug-likeness (QED) is 0.681. The molecule has 0 aliphatic rings. The topological polar surface area (TPSA) is 104 Å². The second kappa shape index (κ2) is 5.19. The molecule has 2 aromatic heterocycles. The summed E-state index contributed by atoms with van der Waals surface area (Å²) in [5, 5.41) is 10.8. The van der Waals surface area contributed by atoms with Gasteiger partial charge >= 0.3 is 0 Å². The minimum atomic E-state index is -0.554. The standard InChI is InChI=1S/C11H9BrN4O3/c12-9-4-8(16(18)19)6-15(11(9)17)5-7-1-2-14-10(13)3-7/h1-4,6H,5H2,(H2,13,14). The maximum atomic E-state index is 11.9. The molecule has 98 valence electrons. The third-order valence-corrected chi connectivity index (χ3v) is 3.01. The molecule has 0 saturated carbocycles. The molecular formula is C11H9BrN4O3. The van der Waals surface area contributed by atoms with Crippen molar-refractivity contribution in [3.63, 3.8) is 0 Å². The molecule has 8 heteroatoms. The first-order valence-electron chi connectivity index (χ1n) is 5.22. The maximum absolute atomic E-state index is 11.9. The van der Waals surface area contributed by atoms with Gasteiger partial charge in [-0.25, -0.2) is 4.98 Å². The Morgan fingerprint density at radius 2 is 2.21 bits per heavy atom. The van der Waals surface area contributed by atoms with Crippen molar-refractivity contribution in [3.8, 4) is 0 Å². The van der Waals surface area contributed by atoms with Crippen molar-refractivity contribution in [2.24, 2.45) is 0 Å². The van der Waals surface area contributed by atoms with Crippen LogP contribution in [0.25, 0.3) is 0 Å². The molecule has 0 aliphatic heterocycles. The molecule has 2 aromatic rings. The van der Waals surface area contributed by atoms with Gasteiger partial charge in [-0.05, 0) is 33.6 Å². The summed E-state index contributed by atoms with van der Waals surface area (Å²) in [7, 11) is 0. The average Bonchev–Trinajstić information content (AvgIpc) is 2.34. The van der Waals surface area contributed by atoms with Crippen LogP contribution in [0.4, 0.5) is 11.5 Å². The van der Waals surface area contributed by atoms with E-state index in [-0.39, 0.29) is 22.3 Å². The average molecular weight is 325 g/mol. The number of aromatic nitrogens is 2. The highest BCUT2D eigenvalue weighted by Crippen LogP contribution is 2.15. The van der Waals surface area contributed by atoms with Crippen LogP contribution in [0.3, 0.4) is 0 Å². The van der Waals surface area contributed by atoms with Crippen LogP contribution < -0.4 is 11.3 Å². The van der Waals surface area contributed by atoms with E-state index < -0.39 is 4.92 Å². The lowest BCUT2D eigenvalue weighted by Crippen LogP contribution is -2.21. The molecule has 0 bridgehead atoms. The number of anilines is 1. The summed E-state index contributed by atoms with van der Waals surface area (Å²) in [6, 6.07) is 4.48. The fraction of sp³-hybridized carbons (Fsp3) is 0.0909. The molecule has 0 spiro atoms. The summed E-state index contributed by atoms with van der Waals surface area (Å²) in [5.74, 6) is 0.329. The molecule has 0 saturated heterocycles. The Morgan fingerprint density at radius 3 is 2.84 bits per heavy atom. The number of nitrogens with zero attached hydrogens (tertiary/aromatic N) is 3. The van der Waals surface area contributed by atoms with Crippen molar-refractivity contribution in [1.29, 1.82) is 0 Å². The summed E-state index contributed by atoms with van der Waals surface area (Å²) in [6.07, 6.45) is 2.71. The van der Waals surface area contributed by atoms with Crippen molar-refractivity contribution in [2.75, 3.05) is 5.73 Å². The highest BCUT2D eigenvalue weighted by Gasteiger charge is 2.12. The molecule has 2 heterocycles. The van der Waals surface area contributed by atoms with Crippen molar-refractivity contribution in [3.05, 3.63) is 61.1 Å². The zero-order chi connectivity index (χ0) is 14.0. The number of nitrogens with two attached hydrogens (primary N) is 1. The monoisotopic (exact) mass is 324 g/mol. The van der Waals surface area contributed by atoms with Crippen molar-refractivity contribution >= 4 is 27.4 Å². The van der Waals surface area contributed by atoms with Crippen LogP contribution in [0.1, 0.15) is 5.56 Å². The van der Waals surface area contributed by atoms with Gasteiger partial charge in [0.05, 0.1) is 22.1 Å². The normalized spacial score (nSPS) is 10.4. The van der Waals surface area contributed by atoms with E-state index in [4.69, 9.17) is 5.73 Å². The molecule has 0 aromatic carbocycles. The van der Waals surface area contributed by atoms with Crippen LogP contribution in [-0.2, 0) is 6.54 Å². The van der Waals surface area contributed by atoms with Gasteiger partial charge in [0.25, 0.3) is 11.2 Å². The molecular weight excluding hydrogens is 316 g/mol. The highest BCUT2D eigenvalue weighted by atomic mass is 79.9. The summed E-state index contributed by atoms with van der Waals surface area (Å²) in [6.45, 7) is 0.186. The number of pyridine rings is 2. The lowest BCUT2D eigenvalue weighted by atomic mass is 10.2. The Balaban J connectivity index is 2.45. The van der Waals surface area contributed by atoms with E-state index in [2.05, 4.69) is 20.9 Å². The first-order valence-corrected chi connectivity index (χ1v) is 6.01. The number of hydrogen-bond donors (Lipinski definition) is 1. The van der Waals surface area contributed by atoms with Gasteiger partial charge in [0.1, 0.15) is 5.82 Å². The minimum absolute atomic E-state index is 0.142. The van der Waals surface area contributed by atoms with Crippen LogP contribution >= 0.6 is 15.9 Å². The second-order valence-electron chi connectivity index (χ2n) is 3.83. The first kappa shape index (κ1) is 13.2. The minimum Gasteiger partial charge on any atom is -0.384 e. The Labute approximate surface area is 116 Å². The van der Waals surface area contributed by atoms with Gasteiger partial charge in [-0.15, -0.1) is 0 Å². The lowest BCUT2D eigenvalue weighted by molar-refractivity contribution is -0.385. The Morgan fingerprint density at radius 1 is 1.47 bits per heavy atom. The highest BCUT2D eigenvalue weighted by molar-refractivity contribution is 9.10. The van der Waals surface area contributed by atoms with E-state index in [9.17, 15) is 14.9 Å². The number of rotatable bonds is 3. The van der Waals surface area contributed by atoms with E-state index in [1.807, 2.05) is 0 Å². The second-order valence-corrected chi connectivity index (χ2v) is 4.68. The molecule has 0 atom stereocenters. The van der Waals surface area contributed by atoms with E-state index in [1.165, 1.54) is 23.0 Å². The summed E-state index contributed by atoms with van der Waals surface area (Å²) in [5.41, 5.74) is 5.78. The Bertz CT molecular complexity index is 699. The van der Waals surface area contributed by atoms with Crippen LogP contribution in [0, 0.1) is 10.1 Å². The largest absolute Gasteiger partial charge is 0.384 e. The maximum Gasteiger partial charge on any atom is 0.286 e. The third kappa shape index (κ3) is 2.97. The summed E-state index contributed by atoms with van der Waals surface area (Å²) >= 11 is 3.02. The first-order chi connectivity index (χ1) is 8.97. The van der Waals surface area contributed by atoms with E-state index >= 15 is 0 Å². The SMILES string of the molecule is Nc1cc(Cn2cc([N+](=O)[O-])cc(Br)c2=O)ccn1. The molecule has 0 fully saturated rings. The van der Waals surface area contributed by atoms with Crippen molar-refractivity contribution in [2.45, 2.75) is 6.54 Å². The number of nitrogen functional groups attached to an aromatic ring is 1. The van der Waals surface area contributed by atoms with Gasteiger partial charge in [-0.2, -0.15) is 0 Å². The van der Waals surface area contributed by atoms with Crippen LogP contribution in [0.5, 0.6) is 0 Å². The fourth-order valence-corrected chi connectivity index (χ4v) is 2.05. The Hall–Kier alpha value is -2.22.